The normalized spacial score (nSPS) is 17.6. The van der Waals surface area contributed by atoms with Crippen LogP contribution in [-0.4, -0.2) is 12.2 Å². The van der Waals surface area contributed by atoms with Crippen LogP contribution in [0.2, 0.25) is 0 Å². The summed E-state index contributed by atoms with van der Waals surface area (Å²) < 4.78 is 51.6. The fourth-order valence-electron chi connectivity index (χ4n) is 1.65. The number of halogens is 4. The van der Waals surface area contributed by atoms with E-state index in [-0.39, 0.29) is 5.56 Å². The summed E-state index contributed by atoms with van der Waals surface area (Å²) in [5.41, 5.74) is 8.07. The van der Waals surface area contributed by atoms with Gasteiger partial charge in [-0.2, -0.15) is 13.2 Å². The highest BCUT2D eigenvalue weighted by Gasteiger charge is 2.53. The summed E-state index contributed by atoms with van der Waals surface area (Å²) in [7, 11) is 0. The van der Waals surface area contributed by atoms with Gasteiger partial charge in [-0.05, 0) is 31.0 Å². The Bertz CT molecular complexity index is 372. The van der Waals surface area contributed by atoms with E-state index in [1.54, 1.807) is 0 Å². The van der Waals surface area contributed by atoms with Gasteiger partial charge in [0.1, 0.15) is 11.4 Å². The third-order valence-corrected chi connectivity index (χ3v) is 2.51. The first-order valence-corrected chi connectivity index (χ1v) is 5.04. The quantitative estimate of drug-likeness (QED) is 0.808. The van der Waals surface area contributed by atoms with Crippen LogP contribution < -0.4 is 11.5 Å². The Morgan fingerprint density at radius 1 is 1.18 bits per heavy atom. The Kier molecular flexibility index (Phi) is 3.78. The molecule has 0 fully saturated rings. The zero-order valence-corrected chi connectivity index (χ0v) is 9.26. The lowest BCUT2D eigenvalue weighted by molar-refractivity contribution is -0.192. The topological polar surface area (TPSA) is 52.0 Å². The van der Waals surface area contributed by atoms with Gasteiger partial charge in [0.25, 0.3) is 0 Å². The second kappa shape index (κ2) is 4.62. The van der Waals surface area contributed by atoms with Crippen molar-refractivity contribution in [3.8, 4) is 0 Å². The lowest BCUT2D eigenvalue weighted by Gasteiger charge is -2.33. The predicted molar refractivity (Wildman–Crippen MR) is 56.6 cm³/mol. The molecule has 2 atom stereocenters. The van der Waals surface area contributed by atoms with Gasteiger partial charge < -0.3 is 11.5 Å². The smallest absolute Gasteiger partial charge is 0.328 e. The average molecular weight is 250 g/mol. The van der Waals surface area contributed by atoms with Crippen LogP contribution >= 0.6 is 0 Å². The maximum Gasteiger partial charge on any atom is 0.410 e. The van der Waals surface area contributed by atoms with E-state index in [9.17, 15) is 17.6 Å². The van der Waals surface area contributed by atoms with Gasteiger partial charge in [0.15, 0.2) is 0 Å². The van der Waals surface area contributed by atoms with E-state index in [2.05, 4.69) is 0 Å². The summed E-state index contributed by atoms with van der Waals surface area (Å²) in [6, 6.07) is 3.25. The standard InChI is InChI=1S/C11H14F4N2/c1-7(16)6-10(17,11(13,14)15)8-2-4-9(12)5-3-8/h2-5,7H,6,16-17H2,1H3/t7?,10-/m0/s1. The van der Waals surface area contributed by atoms with Crippen LogP contribution in [-0.2, 0) is 5.54 Å². The molecule has 0 spiro atoms. The summed E-state index contributed by atoms with van der Waals surface area (Å²) in [5, 5.41) is 0. The molecule has 1 aromatic carbocycles. The summed E-state index contributed by atoms with van der Waals surface area (Å²) >= 11 is 0. The number of hydrogen-bond donors (Lipinski definition) is 2. The highest BCUT2D eigenvalue weighted by molar-refractivity contribution is 5.27. The van der Waals surface area contributed by atoms with Crippen LogP contribution in [0.3, 0.4) is 0 Å². The molecule has 0 aromatic heterocycles. The van der Waals surface area contributed by atoms with Crippen molar-refractivity contribution < 1.29 is 17.6 Å². The van der Waals surface area contributed by atoms with Crippen molar-refractivity contribution in [3.05, 3.63) is 35.6 Å². The molecule has 0 bridgehead atoms. The van der Waals surface area contributed by atoms with Crippen LogP contribution in [0.5, 0.6) is 0 Å². The van der Waals surface area contributed by atoms with Crippen molar-refractivity contribution in [2.24, 2.45) is 11.5 Å². The van der Waals surface area contributed by atoms with E-state index in [1.807, 2.05) is 0 Å². The predicted octanol–water partition coefficient (Wildman–Crippen LogP) is 2.28. The van der Waals surface area contributed by atoms with Crippen LogP contribution in [0.1, 0.15) is 18.9 Å². The molecule has 0 aliphatic rings. The number of nitrogens with two attached hydrogens (primary N) is 2. The van der Waals surface area contributed by atoms with Gasteiger partial charge in [0, 0.05) is 6.04 Å². The molecule has 96 valence electrons. The Hall–Kier alpha value is -1.14. The highest BCUT2D eigenvalue weighted by atomic mass is 19.4. The molecule has 2 nitrogen and oxygen atoms in total. The average Bonchev–Trinajstić information content (AvgIpc) is 2.15. The van der Waals surface area contributed by atoms with E-state index in [0.29, 0.717) is 0 Å². The van der Waals surface area contributed by atoms with Crippen molar-refractivity contribution in [2.45, 2.75) is 31.1 Å². The molecule has 0 amide bonds. The van der Waals surface area contributed by atoms with Crippen molar-refractivity contribution in [1.82, 2.24) is 0 Å². The van der Waals surface area contributed by atoms with Gasteiger partial charge in [-0.1, -0.05) is 12.1 Å². The fourth-order valence-corrected chi connectivity index (χ4v) is 1.65. The molecule has 4 N–H and O–H groups in total. The fraction of sp³-hybridized carbons (Fsp3) is 0.455. The monoisotopic (exact) mass is 250 g/mol. The van der Waals surface area contributed by atoms with E-state index < -0.39 is 30.0 Å². The largest absolute Gasteiger partial charge is 0.410 e. The summed E-state index contributed by atoms with van der Waals surface area (Å²) in [5.74, 6) is -0.612. The lowest BCUT2D eigenvalue weighted by Crippen LogP contribution is -2.53. The Morgan fingerprint density at radius 3 is 2.00 bits per heavy atom. The van der Waals surface area contributed by atoms with Crippen molar-refractivity contribution in [1.29, 1.82) is 0 Å². The molecule has 0 aliphatic carbocycles. The van der Waals surface area contributed by atoms with Crippen molar-refractivity contribution in [3.63, 3.8) is 0 Å². The first-order valence-electron chi connectivity index (χ1n) is 5.04. The SMILES string of the molecule is CC(N)C[C@](N)(c1ccc(F)cc1)C(F)(F)F. The molecule has 0 aliphatic heterocycles. The maximum atomic E-state index is 13.0. The zero-order chi connectivity index (χ0) is 13.3. The molecule has 1 unspecified atom stereocenters. The van der Waals surface area contributed by atoms with Crippen LogP contribution in [0.15, 0.2) is 24.3 Å². The number of alkyl halides is 3. The van der Waals surface area contributed by atoms with Gasteiger partial charge in [0.05, 0.1) is 0 Å². The van der Waals surface area contributed by atoms with Gasteiger partial charge in [-0.15, -0.1) is 0 Å². The molecule has 1 rings (SSSR count). The molecule has 0 saturated heterocycles. The van der Waals surface area contributed by atoms with Gasteiger partial charge in [-0.25, -0.2) is 4.39 Å². The van der Waals surface area contributed by atoms with Crippen LogP contribution in [0, 0.1) is 5.82 Å². The molecule has 17 heavy (non-hydrogen) atoms. The minimum absolute atomic E-state index is 0.191. The van der Waals surface area contributed by atoms with Crippen LogP contribution in [0.4, 0.5) is 17.6 Å². The summed E-state index contributed by atoms with van der Waals surface area (Å²) in [4.78, 5) is 0. The molecule has 0 heterocycles. The minimum atomic E-state index is -4.64. The van der Waals surface area contributed by atoms with Gasteiger partial charge in [0.2, 0.25) is 0 Å². The van der Waals surface area contributed by atoms with E-state index in [4.69, 9.17) is 11.5 Å². The number of hydrogen-bond acceptors (Lipinski definition) is 2. The lowest BCUT2D eigenvalue weighted by atomic mass is 9.84. The van der Waals surface area contributed by atoms with E-state index >= 15 is 0 Å². The van der Waals surface area contributed by atoms with Gasteiger partial charge in [-0.3, -0.25) is 0 Å². The van der Waals surface area contributed by atoms with E-state index in [1.165, 1.54) is 6.92 Å². The van der Waals surface area contributed by atoms with Crippen LogP contribution in [0.25, 0.3) is 0 Å². The first kappa shape index (κ1) is 13.9. The summed E-state index contributed by atoms with van der Waals surface area (Å²) in [6.07, 6.45) is -5.10. The molecule has 1 aromatic rings. The molecular formula is C11H14F4N2. The summed E-state index contributed by atoms with van der Waals surface area (Å²) in [6.45, 7) is 1.44. The second-order valence-electron chi connectivity index (χ2n) is 4.16. The molecule has 0 radical (unpaired) electrons. The Balaban J connectivity index is 3.19. The van der Waals surface area contributed by atoms with Crippen molar-refractivity contribution in [2.75, 3.05) is 0 Å². The van der Waals surface area contributed by atoms with Crippen molar-refractivity contribution >= 4 is 0 Å². The number of rotatable bonds is 3. The van der Waals surface area contributed by atoms with Gasteiger partial charge >= 0.3 is 6.18 Å². The highest BCUT2D eigenvalue weighted by Crippen LogP contribution is 2.39. The Morgan fingerprint density at radius 2 is 1.65 bits per heavy atom. The zero-order valence-electron chi connectivity index (χ0n) is 9.26. The first-order chi connectivity index (χ1) is 7.67. The molecular weight excluding hydrogens is 236 g/mol. The third kappa shape index (κ3) is 2.95. The molecule has 6 heteroatoms. The maximum absolute atomic E-state index is 13.0. The van der Waals surface area contributed by atoms with E-state index in [0.717, 1.165) is 24.3 Å². The minimum Gasteiger partial charge on any atom is -0.328 e. The number of benzene rings is 1. The Labute approximate surface area is 96.6 Å². The molecule has 0 saturated carbocycles. The second-order valence-corrected chi connectivity index (χ2v) is 4.16. The third-order valence-electron chi connectivity index (χ3n) is 2.51.